The van der Waals surface area contributed by atoms with E-state index in [1.807, 2.05) is 6.07 Å². The zero-order chi connectivity index (χ0) is 20.5. The van der Waals surface area contributed by atoms with Crippen LogP contribution in [0.3, 0.4) is 0 Å². The van der Waals surface area contributed by atoms with Crippen molar-refractivity contribution in [2.45, 2.75) is 29.6 Å². The molecule has 3 aromatic heterocycles. The minimum Gasteiger partial charge on any atom is -0.374 e. The lowest BCUT2D eigenvalue weighted by Gasteiger charge is -2.28. The molecule has 0 saturated heterocycles. The largest absolute Gasteiger partial charge is 0.374 e. The Bertz CT molecular complexity index is 1090. The monoisotopic (exact) mass is 473 g/mol. The molecule has 0 radical (unpaired) electrons. The van der Waals surface area contributed by atoms with Gasteiger partial charge in [0.2, 0.25) is 5.13 Å². The summed E-state index contributed by atoms with van der Waals surface area (Å²) in [4.78, 5) is 15.6. The Morgan fingerprint density at radius 3 is 2.87 bits per heavy atom. The number of thiophene rings is 2. The molecule has 5 rings (SSSR count). The maximum Gasteiger partial charge on any atom is 0.253 e. The van der Waals surface area contributed by atoms with E-state index in [0.717, 1.165) is 25.0 Å². The van der Waals surface area contributed by atoms with Crippen LogP contribution in [0, 0.1) is 5.92 Å². The number of hydrogen-bond donors (Lipinski definition) is 1. The molecule has 0 bridgehead atoms. The third kappa shape index (κ3) is 3.96. The molecule has 2 atom stereocenters. The predicted octanol–water partition coefficient (Wildman–Crippen LogP) is 5.16. The molecule has 2 N–H and O–H groups in total. The van der Waals surface area contributed by atoms with Crippen LogP contribution >= 0.6 is 45.8 Å². The number of thioether (sulfide) groups is 1. The number of carbonyl (C=O) groups is 1. The summed E-state index contributed by atoms with van der Waals surface area (Å²) >= 11 is 6.09. The predicted molar refractivity (Wildman–Crippen MR) is 126 cm³/mol. The molecule has 3 aromatic rings. The van der Waals surface area contributed by atoms with Crippen molar-refractivity contribution < 1.29 is 4.79 Å². The number of hydrogen-bond acceptors (Lipinski definition) is 9. The number of hydrazone groups is 1. The molecule has 1 aliphatic carbocycles. The third-order valence-electron chi connectivity index (χ3n) is 5.19. The molecular weight excluding hydrogens is 455 g/mol. The van der Waals surface area contributed by atoms with Gasteiger partial charge in [0.1, 0.15) is 0 Å². The Kier molecular flexibility index (Phi) is 5.72. The van der Waals surface area contributed by atoms with Crippen LogP contribution in [0.4, 0.5) is 5.13 Å². The molecule has 154 valence electrons. The second-order valence-electron chi connectivity index (χ2n) is 7.06. The first kappa shape index (κ1) is 19.9. The van der Waals surface area contributed by atoms with E-state index in [9.17, 15) is 4.79 Å². The van der Waals surface area contributed by atoms with E-state index in [4.69, 9.17) is 10.8 Å². The summed E-state index contributed by atoms with van der Waals surface area (Å²) in [5, 5.41) is 19.0. The maximum atomic E-state index is 13.2. The van der Waals surface area contributed by atoms with Crippen molar-refractivity contribution in [3.05, 3.63) is 50.4 Å². The fourth-order valence-corrected chi connectivity index (χ4v) is 7.00. The summed E-state index contributed by atoms with van der Waals surface area (Å²) in [6.07, 6.45) is 5.41. The SMILES string of the molecule is Nc1nnc(SCC(=O)N2N=C3/C(=C\c4cccs4)CCC[C@@H]3[C@@H]2c2cccs2)s1. The number of nitrogen functional groups attached to an aromatic ring is 1. The zero-order valence-electron chi connectivity index (χ0n) is 15.9. The lowest BCUT2D eigenvalue weighted by Crippen LogP contribution is -2.32. The Morgan fingerprint density at radius 1 is 1.27 bits per heavy atom. The van der Waals surface area contributed by atoms with E-state index in [1.54, 1.807) is 27.7 Å². The van der Waals surface area contributed by atoms with Gasteiger partial charge in [-0.2, -0.15) is 5.10 Å². The smallest absolute Gasteiger partial charge is 0.253 e. The minimum atomic E-state index is -0.0281. The fraction of sp³-hybridized carbons (Fsp3) is 0.300. The van der Waals surface area contributed by atoms with Gasteiger partial charge in [0.15, 0.2) is 4.34 Å². The number of fused-ring (bicyclic) bond motifs is 1. The number of amides is 1. The van der Waals surface area contributed by atoms with Gasteiger partial charge in [0.25, 0.3) is 5.91 Å². The topological polar surface area (TPSA) is 84.5 Å². The van der Waals surface area contributed by atoms with E-state index in [1.165, 1.54) is 38.4 Å². The lowest BCUT2D eigenvalue weighted by molar-refractivity contribution is -0.130. The van der Waals surface area contributed by atoms with Gasteiger partial charge in [0.05, 0.1) is 17.5 Å². The van der Waals surface area contributed by atoms with Gasteiger partial charge in [-0.1, -0.05) is 35.2 Å². The van der Waals surface area contributed by atoms with Crippen LogP contribution in [-0.4, -0.2) is 32.6 Å². The first-order chi connectivity index (χ1) is 14.7. The number of aromatic nitrogens is 2. The minimum absolute atomic E-state index is 0.00968. The molecule has 1 fully saturated rings. The Morgan fingerprint density at radius 2 is 2.13 bits per heavy atom. The highest BCUT2D eigenvalue weighted by Gasteiger charge is 2.44. The number of nitrogens with zero attached hydrogens (tertiary/aromatic N) is 4. The molecule has 0 spiro atoms. The van der Waals surface area contributed by atoms with Crippen molar-refractivity contribution in [1.82, 2.24) is 15.2 Å². The van der Waals surface area contributed by atoms with Crippen molar-refractivity contribution in [2.75, 3.05) is 11.5 Å². The van der Waals surface area contributed by atoms with Crippen LogP contribution in [0.25, 0.3) is 6.08 Å². The van der Waals surface area contributed by atoms with Crippen molar-refractivity contribution >= 4 is 68.6 Å². The average Bonchev–Trinajstić information content (AvgIpc) is 3.52. The highest BCUT2D eigenvalue weighted by Crippen LogP contribution is 2.46. The molecule has 2 aliphatic rings. The van der Waals surface area contributed by atoms with E-state index in [-0.39, 0.29) is 23.6 Å². The molecule has 30 heavy (non-hydrogen) atoms. The van der Waals surface area contributed by atoms with Gasteiger partial charge >= 0.3 is 0 Å². The van der Waals surface area contributed by atoms with Gasteiger partial charge in [-0.05, 0) is 53.8 Å². The molecule has 1 saturated carbocycles. The normalized spacial score (nSPS) is 22.3. The van der Waals surface area contributed by atoms with Crippen LogP contribution < -0.4 is 5.73 Å². The molecule has 0 aromatic carbocycles. The number of nitrogens with two attached hydrogens (primary N) is 1. The Balaban J connectivity index is 1.44. The summed E-state index contributed by atoms with van der Waals surface area (Å²) in [6, 6.07) is 8.32. The number of carbonyl (C=O) groups excluding carboxylic acids is 1. The molecule has 1 amide bonds. The Labute approximate surface area is 190 Å². The summed E-state index contributed by atoms with van der Waals surface area (Å²) in [5.74, 6) is 0.503. The van der Waals surface area contributed by atoms with Gasteiger partial charge in [-0.3, -0.25) is 4.79 Å². The van der Waals surface area contributed by atoms with Gasteiger partial charge < -0.3 is 5.73 Å². The summed E-state index contributed by atoms with van der Waals surface area (Å²) in [5.41, 5.74) is 7.99. The summed E-state index contributed by atoms with van der Waals surface area (Å²) in [7, 11) is 0. The van der Waals surface area contributed by atoms with E-state index in [0.29, 0.717) is 9.47 Å². The second kappa shape index (κ2) is 8.62. The summed E-state index contributed by atoms with van der Waals surface area (Å²) < 4.78 is 0.705. The first-order valence-corrected chi connectivity index (χ1v) is 13.2. The maximum absolute atomic E-state index is 13.2. The molecule has 4 heterocycles. The van der Waals surface area contributed by atoms with Crippen molar-refractivity contribution in [2.24, 2.45) is 11.0 Å². The van der Waals surface area contributed by atoms with Crippen molar-refractivity contribution in [3.63, 3.8) is 0 Å². The highest BCUT2D eigenvalue weighted by atomic mass is 32.2. The van der Waals surface area contributed by atoms with Crippen LogP contribution in [0.15, 0.2) is 50.0 Å². The quantitative estimate of drug-likeness (QED) is 0.518. The summed E-state index contributed by atoms with van der Waals surface area (Å²) in [6.45, 7) is 0. The van der Waals surface area contributed by atoms with Gasteiger partial charge in [0, 0.05) is 15.7 Å². The fourth-order valence-electron chi connectivity index (χ4n) is 3.96. The van der Waals surface area contributed by atoms with Gasteiger partial charge in [-0.25, -0.2) is 5.01 Å². The molecular formula is C20H19N5OS4. The van der Waals surface area contributed by atoms with Crippen molar-refractivity contribution in [1.29, 1.82) is 0 Å². The second-order valence-corrected chi connectivity index (χ2v) is 11.3. The average molecular weight is 474 g/mol. The van der Waals surface area contributed by atoms with Crippen LogP contribution in [0.1, 0.15) is 35.1 Å². The van der Waals surface area contributed by atoms with Gasteiger partial charge in [-0.15, -0.1) is 32.9 Å². The highest BCUT2D eigenvalue weighted by molar-refractivity contribution is 8.01. The molecule has 1 aliphatic heterocycles. The molecule has 0 unspecified atom stereocenters. The Hall–Kier alpha value is -2.01. The van der Waals surface area contributed by atoms with E-state index in [2.05, 4.69) is 45.2 Å². The number of allylic oxidation sites excluding steroid dienone is 1. The lowest BCUT2D eigenvalue weighted by atomic mass is 9.79. The molecule has 10 heteroatoms. The van der Waals surface area contributed by atoms with Crippen molar-refractivity contribution in [3.8, 4) is 0 Å². The number of rotatable bonds is 5. The van der Waals surface area contributed by atoms with Crippen LogP contribution in [-0.2, 0) is 4.79 Å². The molecule has 6 nitrogen and oxygen atoms in total. The van der Waals surface area contributed by atoms with Crippen LogP contribution in [0.5, 0.6) is 0 Å². The first-order valence-electron chi connectivity index (χ1n) is 9.59. The number of anilines is 1. The van der Waals surface area contributed by atoms with E-state index >= 15 is 0 Å². The standard InChI is InChI=1S/C20H19N5OS4/c21-19-22-23-20(30-19)29-11-16(26)25-18(15-7-3-9-28-15)14-6-1-4-12(17(14)24-25)10-13-5-2-8-27-13/h2-3,5,7-10,14,18H,1,4,6,11H2,(H2,21,22)/b12-10-/t14-,18+/m0/s1. The van der Waals surface area contributed by atoms with Crippen LogP contribution in [0.2, 0.25) is 0 Å². The zero-order valence-corrected chi connectivity index (χ0v) is 19.2. The van der Waals surface area contributed by atoms with E-state index < -0.39 is 0 Å². The third-order valence-corrected chi connectivity index (χ3v) is 8.83.